The molecule has 1 amide bonds. The Labute approximate surface area is 218 Å². The first-order valence-corrected chi connectivity index (χ1v) is 12.4. The van der Waals surface area contributed by atoms with Crippen LogP contribution >= 0.6 is 11.6 Å². The molecule has 0 spiro atoms. The molecule has 9 heteroatoms. The number of benzene rings is 3. The summed E-state index contributed by atoms with van der Waals surface area (Å²) in [6.07, 6.45) is 0.801. The van der Waals surface area contributed by atoms with Crippen LogP contribution in [-0.2, 0) is 4.79 Å². The van der Waals surface area contributed by atoms with Gasteiger partial charge >= 0.3 is 0 Å². The number of aromatic nitrogens is 3. The summed E-state index contributed by atoms with van der Waals surface area (Å²) in [4.78, 5) is 18.5. The Balaban J connectivity index is 1.46. The molecule has 0 radical (unpaired) electrons. The lowest BCUT2D eigenvalue weighted by molar-refractivity contribution is -0.113. The Morgan fingerprint density at radius 2 is 1.78 bits per heavy atom. The van der Waals surface area contributed by atoms with Crippen LogP contribution in [0.5, 0.6) is 11.5 Å². The largest absolute Gasteiger partial charge is 0.490 e. The van der Waals surface area contributed by atoms with Gasteiger partial charge in [-0.1, -0.05) is 60.1 Å². The number of halogens is 1. The van der Waals surface area contributed by atoms with Gasteiger partial charge in [0, 0.05) is 17.7 Å². The van der Waals surface area contributed by atoms with Crippen LogP contribution in [0.2, 0.25) is 5.02 Å². The van der Waals surface area contributed by atoms with E-state index in [1.54, 1.807) is 16.8 Å². The molecule has 8 nitrogen and oxygen atoms in total. The number of nitrogens with one attached hydrogen (secondary N) is 2. The van der Waals surface area contributed by atoms with Crippen molar-refractivity contribution in [2.45, 2.75) is 19.4 Å². The number of carbonyl (C=O) groups is 1. The summed E-state index contributed by atoms with van der Waals surface area (Å²) in [5.41, 5.74) is 3.39. The summed E-state index contributed by atoms with van der Waals surface area (Å²) in [7, 11) is 0. The third-order valence-corrected chi connectivity index (χ3v) is 6.67. The number of carbonyl (C=O) groups excluding carboxylic acids is 1. The van der Waals surface area contributed by atoms with Gasteiger partial charge in [0.05, 0.1) is 29.5 Å². The smallest absolute Gasteiger partial charge is 0.255 e. The molecule has 1 atom stereocenters. The third kappa shape index (κ3) is 4.40. The summed E-state index contributed by atoms with van der Waals surface area (Å²) in [5, 5.41) is 11.5. The van der Waals surface area contributed by atoms with E-state index in [4.69, 9.17) is 31.2 Å². The predicted molar refractivity (Wildman–Crippen MR) is 142 cm³/mol. The average Bonchev–Trinajstić information content (AvgIpc) is 3.19. The monoisotopic (exact) mass is 513 g/mol. The predicted octanol–water partition coefficient (Wildman–Crippen LogP) is 5.69. The summed E-state index contributed by atoms with van der Waals surface area (Å²) >= 11 is 6.34. The number of allylic oxidation sites excluding steroid dienone is 1. The first kappa shape index (κ1) is 23.1. The van der Waals surface area contributed by atoms with Crippen molar-refractivity contribution in [3.63, 3.8) is 0 Å². The molecular formula is C28H24ClN5O3. The highest BCUT2D eigenvalue weighted by Crippen LogP contribution is 2.40. The van der Waals surface area contributed by atoms with Gasteiger partial charge in [0.1, 0.15) is 6.04 Å². The fraction of sp³-hybridized carbons (Fsp3) is 0.179. The Kier molecular flexibility index (Phi) is 6.02. The maximum absolute atomic E-state index is 13.8. The van der Waals surface area contributed by atoms with Gasteiger partial charge in [-0.15, -0.1) is 5.10 Å². The van der Waals surface area contributed by atoms with Crippen LogP contribution in [0.4, 0.5) is 11.6 Å². The summed E-state index contributed by atoms with van der Waals surface area (Å²) in [6.45, 7) is 3.01. The van der Waals surface area contributed by atoms with Crippen molar-refractivity contribution in [2.24, 2.45) is 0 Å². The SMILES string of the molecule is CC1=C(C(=O)Nc2ccccc2Cl)C(c2ccc3c(c2)OCCCO3)n2nc(-c3ccccc3)nc2N1. The second-order valence-electron chi connectivity index (χ2n) is 8.83. The Hall–Kier alpha value is -4.30. The van der Waals surface area contributed by atoms with Crippen molar-refractivity contribution in [1.82, 2.24) is 14.8 Å². The third-order valence-electron chi connectivity index (χ3n) is 6.34. The Bertz CT molecular complexity index is 1520. The lowest BCUT2D eigenvalue weighted by Crippen LogP contribution is -2.31. The number of para-hydroxylation sites is 1. The number of fused-ring (bicyclic) bond motifs is 2. The van der Waals surface area contributed by atoms with E-state index in [0.717, 1.165) is 17.5 Å². The number of amides is 1. The molecule has 1 aromatic heterocycles. The molecule has 0 aliphatic carbocycles. The van der Waals surface area contributed by atoms with E-state index < -0.39 is 6.04 Å². The molecule has 0 saturated heterocycles. The van der Waals surface area contributed by atoms with Gasteiger partial charge in [0.15, 0.2) is 17.3 Å². The molecular weight excluding hydrogens is 490 g/mol. The summed E-state index contributed by atoms with van der Waals surface area (Å²) in [6, 6.07) is 22.0. The van der Waals surface area contributed by atoms with E-state index in [-0.39, 0.29) is 5.91 Å². The highest BCUT2D eigenvalue weighted by Gasteiger charge is 2.35. The standard InChI is InChI=1S/C28H24ClN5O3/c1-17-24(27(35)31-21-11-6-5-10-20(21)29)25(19-12-13-22-23(16-19)37-15-7-14-36-22)34-28(30-17)32-26(33-34)18-8-3-2-4-9-18/h2-6,8-13,16,25H,7,14-15H2,1H3,(H,31,35)(H,30,32,33). The van der Waals surface area contributed by atoms with Crippen LogP contribution < -0.4 is 20.1 Å². The second kappa shape index (κ2) is 9.63. The minimum absolute atomic E-state index is 0.294. The van der Waals surface area contributed by atoms with Crippen LogP contribution in [0.25, 0.3) is 11.4 Å². The number of hydrogen-bond donors (Lipinski definition) is 2. The first-order chi connectivity index (χ1) is 18.1. The van der Waals surface area contributed by atoms with E-state index in [1.807, 2.05) is 67.6 Å². The molecule has 186 valence electrons. The van der Waals surface area contributed by atoms with Crippen molar-refractivity contribution in [3.8, 4) is 22.9 Å². The van der Waals surface area contributed by atoms with Gasteiger partial charge in [-0.05, 0) is 36.8 Å². The first-order valence-electron chi connectivity index (χ1n) is 12.0. The number of ether oxygens (including phenoxy) is 2. The molecule has 1 unspecified atom stereocenters. The van der Waals surface area contributed by atoms with E-state index in [9.17, 15) is 4.79 Å². The molecule has 6 rings (SSSR count). The molecule has 0 saturated carbocycles. The molecule has 0 bridgehead atoms. The maximum Gasteiger partial charge on any atom is 0.255 e. The van der Waals surface area contributed by atoms with Crippen LogP contribution in [-0.4, -0.2) is 33.9 Å². The lowest BCUT2D eigenvalue weighted by Gasteiger charge is -2.29. The fourth-order valence-electron chi connectivity index (χ4n) is 4.56. The average molecular weight is 514 g/mol. The number of hydrogen-bond acceptors (Lipinski definition) is 6. The van der Waals surface area contributed by atoms with Gasteiger partial charge < -0.3 is 20.1 Å². The van der Waals surface area contributed by atoms with Crippen LogP contribution in [0, 0.1) is 0 Å². The number of nitrogens with zero attached hydrogens (tertiary/aromatic N) is 3. The molecule has 3 heterocycles. The van der Waals surface area contributed by atoms with Gasteiger partial charge in [-0.2, -0.15) is 4.98 Å². The van der Waals surface area contributed by atoms with Gasteiger partial charge in [-0.3, -0.25) is 4.79 Å². The Morgan fingerprint density at radius 1 is 1.03 bits per heavy atom. The summed E-state index contributed by atoms with van der Waals surface area (Å²) < 4.78 is 13.5. The maximum atomic E-state index is 13.8. The molecule has 2 aliphatic rings. The van der Waals surface area contributed by atoms with Crippen molar-refractivity contribution < 1.29 is 14.3 Å². The summed E-state index contributed by atoms with van der Waals surface area (Å²) in [5.74, 6) is 2.13. The highest BCUT2D eigenvalue weighted by atomic mass is 35.5. The van der Waals surface area contributed by atoms with Crippen LogP contribution in [0.1, 0.15) is 24.9 Å². The van der Waals surface area contributed by atoms with Gasteiger partial charge in [0.2, 0.25) is 5.95 Å². The molecule has 0 fully saturated rings. The number of rotatable bonds is 4. The van der Waals surface area contributed by atoms with E-state index in [0.29, 0.717) is 58.5 Å². The minimum atomic E-state index is -0.569. The van der Waals surface area contributed by atoms with Crippen molar-refractivity contribution >= 4 is 29.1 Å². The fourth-order valence-corrected chi connectivity index (χ4v) is 4.75. The van der Waals surface area contributed by atoms with Crippen LogP contribution in [0.15, 0.2) is 84.1 Å². The van der Waals surface area contributed by atoms with Crippen molar-refractivity contribution in [1.29, 1.82) is 0 Å². The lowest BCUT2D eigenvalue weighted by atomic mass is 9.94. The molecule has 4 aromatic rings. The van der Waals surface area contributed by atoms with Gasteiger partial charge in [-0.25, -0.2) is 4.68 Å². The zero-order valence-electron chi connectivity index (χ0n) is 20.1. The van der Waals surface area contributed by atoms with Crippen LogP contribution in [0.3, 0.4) is 0 Å². The van der Waals surface area contributed by atoms with Crippen molar-refractivity contribution in [3.05, 3.63) is 94.7 Å². The zero-order chi connectivity index (χ0) is 25.4. The quantitative estimate of drug-likeness (QED) is 0.364. The second-order valence-corrected chi connectivity index (χ2v) is 9.23. The minimum Gasteiger partial charge on any atom is -0.490 e. The molecule has 3 aromatic carbocycles. The number of anilines is 2. The highest BCUT2D eigenvalue weighted by molar-refractivity contribution is 6.33. The topological polar surface area (TPSA) is 90.3 Å². The van der Waals surface area contributed by atoms with E-state index in [1.165, 1.54) is 0 Å². The molecule has 2 N–H and O–H groups in total. The molecule has 37 heavy (non-hydrogen) atoms. The molecule has 2 aliphatic heterocycles. The van der Waals surface area contributed by atoms with Crippen molar-refractivity contribution in [2.75, 3.05) is 23.8 Å². The van der Waals surface area contributed by atoms with E-state index >= 15 is 0 Å². The Morgan fingerprint density at radius 3 is 2.59 bits per heavy atom. The van der Waals surface area contributed by atoms with E-state index in [2.05, 4.69) is 10.6 Å². The zero-order valence-corrected chi connectivity index (χ0v) is 20.8. The normalized spacial score (nSPS) is 16.4. The van der Waals surface area contributed by atoms with Gasteiger partial charge in [0.25, 0.3) is 5.91 Å².